The molecule has 4 N–H and O–H groups in total. The van der Waals surface area contributed by atoms with Crippen LogP contribution in [0.5, 0.6) is 17.2 Å². The third kappa shape index (κ3) is 10.0. The van der Waals surface area contributed by atoms with Crippen molar-refractivity contribution >= 4 is 44.0 Å². The van der Waals surface area contributed by atoms with Crippen LogP contribution in [0, 0.1) is 27.3 Å². The van der Waals surface area contributed by atoms with Gasteiger partial charge in [-0.3, -0.25) is 24.7 Å². The second kappa shape index (κ2) is 19.6. The number of aromatic amines is 1. The molecule has 0 unspecified atom stereocenters. The number of fused-ring (bicyclic) bond motifs is 2. The Morgan fingerprint density at radius 2 is 1.84 bits per heavy atom. The number of halogens is 1. The maximum Gasteiger partial charge on any atom is 0.293 e. The summed E-state index contributed by atoms with van der Waals surface area (Å²) in [4.78, 5) is 39.8. The molecule has 18 heteroatoms. The lowest BCUT2D eigenvalue weighted by Gasteiger charge is -2.63. The molecule has 5 heterocycles. The third-order valence-corrected chi connectivity index (χ3v) is 17.6. The SMILES string of the molecule is CC(C)c1ccccc1[C@@H]1CN(Cc2ccc3c(c2)OCC3)CCN1C1CC2(C1)CN(c1ccc(C(=O)NS(=O)(=O)c3ccc(NCC4CCC(C)(O)CC4)c([N+](=O)[O-])c3)c(Oc3cnc4[nH]cc(F)c4c3)c1)C2. The van der Waals surface area contributed by atoms with Crippen molar-refractivity contribution < 1.29 is 37.1 Å². The number of nitrogens with one attached hydrogen (secondary N) is 3. The van der Waals surface area contributed by atoms with Gasteiger partial charge < -0.3 is 29.8 Å². The van der Waals surface area contributed by atoms with Crippen molar-refractivity contribution in [2.75, 3.05) is 56.1 Å². The molecule has 0 bridgehead atoms. The lowest BCUT2D eigenvalue weighted by atomic mass is 9.59. The summed E-state index contributed by atoms with van der Waals surface area (Å²) in [6.07, 6.45) is 8.35. The minimum absolute atomic E-state index is 0.0198. The predicted molar refractivity (Wildman–Crippen MR) is 280 cm³/mol. The number of hydrogen-bond donors (Lipinski definition) is 4. The van der Waals surface area contributed by atoms with Crippen molar-refractivity contribution in [3.8, 4) is 17.2 Å². The predicted octanol–water partition coefficient (Wildman–Crippen LogP) is 9.46. The van der Waals surface area contributed by atoms with E-state index in [1.165, 1.54) is 58.9 Å². The summed E-state index contributed by atoms with van der Waals surface area (Å²) in [6, 6.07) is 26.1. The third-order valence-electron chi connectivity index (χ3n) is 16.2. The van der Waals surface area contributed by atoms with Gasteiger partial charge in [-0.05, 0) is 116 Å². The van der Waals surface area contributed by atoms with Crippen LogP contribution in [0.25, 0.3) is 11.0 Å². The van der Waals surface area contributed by atoms with Crippen molar-refractivity contribution in [1.82, 2.24) is 24.5 Å². The van der Waals surface area contributed by atoms with Gasteiger partial charge in [0.2, 0.25) is 0 Å². The lowest BCUT2D eigenvalue weighted by Crippen LogP contribution is -2.68. The first-order valence-corrected chi connectivity index (χ1v) is 27.3. The molecule has 1 spiro atoms. The van der Waals surface area contributed by atoms with Gasteiger partial charge in [0.1, 0.15) is 34.4 Å². The summed E-state index contributed by atoms with van der Waals surface area (Å²) in [5, 5.41) is 25.8. The Hall–Kier alpha value is -6.60. The van der Waals surface area contributed by atoms with Crippen LogP contribution in [0.1, 0.15) is 104 Å². The molecule has 74 heavy (non-hydrogen) atoms. The number of ether oxygens (including phenoxy) is 2. The normalized spacial score (nSPS) is 22.0. The summed E-state index contributed by atoms with van der Waals surface area (Å²) in [7, 11) is -4.64. The zero-order valence-corrected chi connectivity index (χ0v) is 42.8. The quantitative estimate of drug-likeness (QED) is 0.0562. The first-order chi connectivity index (χ1) is 35.5. The number of aromatic nitrogens is 2. The second-order valence-corrected chi connectivity index (χ2v) is 23.6. The Labute approximate surface area is 430 Å². The van der Waals surface area contributed by atoms with E-state index in [4.69, 9.17) is 9.47 Å². The lowest BCUT2D eigenvalue weighted by molar-refractivity contribution is -0.384. The van der Waals surface area contributed by atoms with Gasteiger partial charge >= 0.3 is 0 Å². The number of amides is 1. The molecule has 3 aliphatic heterocycles. The minimum atomic E-state index is -4.64. The second-order valence-electron chi connectivity index (χ2n) is 21.9. The highest BCUT2D eigenvalue weighted by molar-refractivity contribution is 7.90. The molecule has 4 fully saturated rings. The van der Waals surface area contributed by atoms with Gasteiger partial charge in [-0.25, -0.2) is 22.5 Å². The number of benzene rings is 4. The molecule has 6 aromatic rings. The molecule has 1 amide bonds. The molecule has 11 rings (SSSR count). The molecule has 2 saturated carbocycles. The summed E-state index contributed by atoms with van der Waals surface area (Å²) in [6.45, 7) is 12.8. The van der Waals surface area contributed by atoms with Crippen LogP contribution in [-0.4, -0.2) is 102 Å². The van der Waals surface area contributed by atoms with E-state index >= 15 is 0 Å². The fourth-order valence-corrected chi connectivity index (χ4v) is 13.1. The number of pyridine rings is 1. The topological polar surface area (TPSA) is 195 Å². The summed E-state index contributed by atoms with van der Waals surface area (Å²) in [5.74, 6) is 0.162. The molecule has 2 aliphatic carbocycles. The number of nitro benzene ring substituents is 1. The van der Waals surface area contributed by atoms with Crippen molar-refractivity contribution in [3.05, 3.63) is 141 Å². The van der Waals surface area contributed by atoms with Crippen LogP contribution < -0.4 is 24.4 Å². The van der Waals surface area contributed by atoms with E-state index in [-0.39, 0.29) is 45.5 Å². The molecule has 388 valence electrons. The summed E-state index contributed by atoms with van der Waals surface area (Å²) >= 11 is 0. The molecular weight excluding hydrogens is 964 g/mol. The van der Waals surface area contributed by atoms with E-state index in [1.807, 2.05) is 0 Å². The van der Waals surface area contributed by atoms with E-state index in [0.717, 1.165) is 95.5 Å². The Morgan fingerprint density at radius 1 is 1.04 bits per heavy atom. The molecule has 0 radical (unpaired) electrons. The summed E-state index contributed by atoms with van der Waals surface area (Å²) < 4.78 is 56.7. The van der Waals surface area contributed by atoms with Crippen LogP contribution in [-0.2, 0) is 23.0 Å². The molecule has 5 aliphatic rings. The number of piperazine rings is 1. The van der Waals surface area contributed by atoms with E-state index in [2.05, 4.69) is 91.0 Å². The number of nitro groups is 1. The molecule has 1 atom stereocenters. The number of sulfonamides is 1. The zero-order chi connectivity index (χ0) is 51.5. The molecule has 2 saturated heterocycles. The van der Waals surface area contributed by atoms with Crippen LogP contribution in [0.15, 0.2) is 102 Å². The van der Waals surface area contributed by atoms with E-state index in [1.54, 1.807) is 19.1 Å². The average molecular weight is 1030 g/mol. The van der Waals surface area contributed by atoms with Crippen molar-refractivity contribution in [2.24, 2.45) is 11.3 Å². The smallest absolute Gasteiger partial charge is 0.293 e. The maximum atomic E-state index is 14.7. The standard InChI is InChI=1S/C56H63FN8O8S/c1-35(2)43-6-4-5-7-44(43)50-32-62(31-37-8-9-38-16-21-72-51(38)22-37)19-20-64(50)40-26-56(27-40)33-63(34-56)39-10-12-45(52(23-39)73-41-24-46-47(57)30-60-53(46)59-29-41)54(66)61-74(70,71)42-11-13-48(49(25-42)65(68)69)58-28-36-14-17-55(3,67)18-15-36/h4-13,22-25,29-30,35-36,40,50,58,67H,14-21,26-28,31-34H2,1-3H3,(H,59,60)(H,61,66)/t36?,50-,55?/m0/s1. The Morgan fingerprint density at radius 3 is 2.62 bits per heavy atom. The Bertz CT molecular complexity index is 3230. The van der Waals surface area contributed by atoms with Gasteiger partial charge in [-0.15, -0.1) is 0 Å². The minimum Gasteiger partial charge on any atom is -0.493 e. The van der Waals surface area contributed by atoms with Gasteiger partial charge in [0.05, 0.1) is 39.2 Å². The molecular formula is C56H63FN8O8S. The first-order valence-electron chi connectivity index (χ1n) is 25.8. The van der Waals surface area contributed by atoms with Gasteiger partial charge in [0, 0.05) is 93.7 Å². The fraction of sp³-hybridized carbons (Fsp3) is 0.429. The Balaban J connectivity index is 0.794. The number of aliphatic hydroxyl groups is 1. The molecule has 16 nitrogen and oxygen atoms in total. The number of rotatable bonds is 15. The highest BCUT2D eigenvalue weighted by atomic mass is 32.2. The van der Waals surface area contributed by atoms with Gasteiger partial charge in [-0.2, -0.15) is 0 Å². The van der Waals surface area contributed by atoms with Crippen molar-refractivity contribution in [1.29, 1.82) is 0 Å². The number of H-pyrrole nitrogens is 1. The highest BCUT2D eigenvalue weighted by Crippen LogP contribution is 2.54. The van der Waals surface area contributed by atoms with Gasteiger partial charge in [0.25, 0.3) is 21.6 Å². The number of carbonyl (C=O) groups excluding carboxylic acids is 1. The molecule has 4 aromatic carbocycles. The molecule has 2 aromatic heterocycles. The monoisotopic (exact) mass is 1030 g/mol. The van der Waals surface area contributed by atoms with E-state index in [9.17, 15) is 32.8 Å². The average Bonchev–Trinajstić information content (AvgIpc) is 3.99. The number of anilines is 2. The fourth-order valence-electron chi connectivity index (χ4n) is 12.1. The van der Waals surface area contributed by atoms with Crippen LogP contribution >= 0.6 is 0 Å². The van der Waals surface area contributed by atoms with Crippen molar-refractivity contribution in [3.63, 3.8) is 0 Å². The maximum absolute atomic E-state index is 14.7. The highest BCUT2D eigenvalue weighted by Gasteiger charge is 2.55. The Kier molecular flexibility index (Phi) is 13.1. The number of hydrogen-bond acceptors (Lipinski definition) is 13. The first kappa shape index (κ1) is 49.6. The van der Waals surface area contributed by atoms with Crippen molar-refractivity contribution in [2.45, 2.75) is 101 Å². The van der Waals surface area contributed by atoms with Crippen LogP contribution in [0.4, 0.5) is 21.5 Å². The number of nitrogens with zero attached hydrogens (tertiary/aromatic N) is 5. The largest absolute Gasteiger partial charge is 0.493 e. The summed E-state index contributed by atoms with van der Waals surface area (Å²) in [5.41, 5.74) is 5.35. The van der Waals surface area contributed by atoms with Crippen LogP contribution in [0.3, 0.4) is 0 Å². The van der Waals surface area contributed by atoms with Gasteiger partial charge in [0.15, 0.2) is 0 Å². The van der Waals surface area contributed by atoms with E-state index < -0.39 is 42.9 Å². The van der Waals surface area contributed by atoms with Gasteiger partial charge in [-0.1, -0.05) is 50.2 Å². The number of carbonyl (C=O) groups is 1. The van der Waals surface area contributed by atoms with Crippen LogP contribution in [0.2, 0.25) is 0 Å². The van der Waals surface area contributed by atoms with E-state index in [0.29, 0.717) is 37.0 Å². The zero-order valence-electron chi connectivity index (χ0n) is 42.0.